The third-order valence-corrected chi connectivity index (χ3v) is 3.40. The summed E-state index contributed by atoms with van der Waals surface area (Å²) in [5.41, 5.74) is 3.61. The van der Waals surface area contributed by atoms with Gasteiger partial charge in [0, 0.05) is 17.3 Å². The Morgan fingerprint density at radius 2 is 1.80 bits per heavy atom. The highest BCUT2D eigenvalue weighted by Gasteiger charge is 2.14. The molecular formula is C16H15NO3. The van der Waals surface area contributed by atoms with E-state index in [0.717, 1.165) is 5.56 Å². The predicted molar refractivity (Wildman–Crippen MR) is 76.4 cm³/mol. The molecule has 1 amide bonds. The number of ether oxygens (including phenoxy) is 2. The fourth-order valence-electron chi connectivity index (χ4n) is 2.06. The maximum absolute atomic E-state index is 12.2. The highest BCUT2D eigenvalue weighted by Crippen LogP contribution is 2.34. The van der Waals surface area contributed by atoms with Crippen LogP contribution in [0.2, 0.25) is 0 Å². The topological polar surface area (TPSA) is 47.6 Å². The molecule has 0 saturated carbocycles. The van der Waals surface area contributed by atoms with Gasteiger partial charge in [-0.2, -0.15) is 0 Å². The van der Waals surface area contributed by atoms with E-state index < -0.39 is 0 Å². The highest BCUT2D eigenvalue weighted by atomic mass is 16.7. The zero-order chi connectivity index (χ0) is 14.1. The van der Waals surface area contributed by atoms with Crippen molar-refractivity contribution in [2.75, 3.05) is 12.1 Å². The van der Waals surface area contributed by atoms with Gasteiger partial charge < -0.3 is 14.8 Å². The summed E-state index contributed by atoms with van der Waals surface area (Å²) in [5.74, 6) is 1.23. The summed E-state index contributed by atoms with van der Waals surface area (Å²) in [6.07, 6.45) is 0. The smallest absolute Gasteiger partial charge is 0.255 e. The third kappa shape index (κ3) is 2.32. The summed E-state index contributed by atoms with van der Waals surface area (Å²) in [7, 11) is 0. The van der Waals surface area contributed by atoms with Gasteiger partial charge in [0.1, 0.15) is 0 Å². The van der Waals surface area contributed by atoms with Gasteiger partial charge in [-0.25, -0.2) is 0 Å². The molecule has 1 heterocycles. The molecule has 4 heteroatoms. The van der Waals surface area contributed by atoms with E-state index in [2.05, 4.69) is 5.32 Å². The Hall–Kier alpha value is -2.49. The normalized spacial score (nSPS) is 12.3. The number of carbonyl (C=O) groups is 1. The summed E-state index contributed by atoms with van der Waals surface area (Å²) < 4.78 is 10.5. The minimum Gasteiger partial charge on any atom is -0.454 e. The van der Waals surface area contributed by atoms with Gasteiger partial charge in [0.05, 0.1) is 0 Å². The summed E-state index contributed by atoms with van der Waals surface area (Å²) in [4.78, 5) is 12.2. The van der Waals surface area contributed by atoms with Crippen LogP contribution in [0.3, 0.4) is 0 Å². The van der Waals surface area contributed by atoms with E-state index in [1.165, 1.54) is 5.56 Å². The standard InChI is InChI=1S/C16H15NO3/c1-10-3-4-12(7-11(10)2)16(18)17-13-5-6-14-15(8-13)20-9-19-14/h3-8H,9H2,1-2H3,(H,17,18). The van der Waals surface area contributed by atoms with Gasteiger partial charge in [-0.3, -0.25) is 4.79 Å². The number of nitrogens with one attached hydrogen (secondary N) is 1. The SMILES string of the molecule is Cc1ccc(C(=O)Nc2ccc3c(c2)OCO3)cc1C. The van der Waals surface area contributed by atoms with Crippen molar-refractivity contribution in [1.82, 2.24) is 0 Å². The second-order valence-corrected chi connectivity index (χ2v) is 4.82. The number of hydrogen-bond donors (Lipinski definition) is 1. The average molecular weight is 269 g/mol. The first-order valence-corrected chi connectivity index (χ1v) is 6.42. The molecule has 1 N–H and O–H groups in total. The van der Waals surface area contributed by atoms with Crippen LogP contribution >= 0.6 is 0 Å². The zero-order valence-electron chi connectivity index (χ0n) is 11.4. The van der Waals surface area contributed by atoms with Gasteiger partial charge in [-0.1, -0.05) is 6.07 Å². The Morgan fingerprint density at radius 3 is 2.60 bits per heavy atom. The van der Waals surface area contributed by atoms with Crippen molar-refractivity contribution in [3.8, 4) is 11.5 Å². The summed E-state index contributed by atoms with van der Waals surface area (Å²) in [6, 6.07) is 11.0. The number of amides is 1. The lowest BCUT2D eigenvalue weighted by Gasteiger charge is -2.08. The monoisotopic (exact) mass is 269 g/mol. The van der Waals surface area contributed by atoms with Gasteiger partial charge in [0.15, 0.2) is 11.5 Å². The number of benzene rings is 2. The van der Waals surface area contributed by atoms with Gasteiger partial charge in [0.25, 0.3) is 5.91 Å². The maximum Gasteiger partial charge on any atom is 0.255 e. The molecule has 1 aliphatic heterocycles. The first-order chi connectivity index (χ1) is 9.63. The lowest BCUT2D eigenvalue weighted by molar-refractivity contribution is 0.102. The van der Waals surface area contributed by atoms with Gasteiger partial charge >= 0.3 is 0 Å². The molecule has 0 aliphatic carbocycles. The van der Waals surface area contributed by atoms with Crippen LogP contribution in [0, 0.1) is 13.8 Å². The second kappa shape index (κ2) is 4.89. The Kier molecular flexibility index (Phi) is 3.06. The Labute approximate surface area is 117 Å². The lowest BCUT2D eigenvalue weighted by Crippen LogP contribution is -2.12. The molecule has 0 unspecified atom stereocenters. The van der Waals surface area contributed by atoms with Crippen molar-refractivity contribution in [3.05, 3.63) is 53.1 Å². The van der Waals surface area contributed by atoms with E-state index >= 15 is 0 Å². The molecular weight excluding hydrogens is 254 g/mol. The first-order valence-electron chi connectivity index (χ1n) is 6.42. The Morgan fingerprint density at radius 1 is 1.00 bits per heavy atom. The molecule has 4 nitrogen and oxygen atoms in total. The molecule has 1 aliphatic rings. The van der Waals surface area contributed by atoms with E-state index in [0.29, 0.717) is 22.7 Å². The van der Waals surface area contributed by atoms with Crippen molar-refractivity contribution in [1.29, 1.82) is 0 Å². The number of carbonyl (C=O) groups excluding carboxylic acids is 1. The molecule has 20 heavy (non-hydrogen) atoms. The number of rotatable bonds is 2. The molecule has 2 aromatic rings. The Balaban J connectivity index is 1.80. The molecule has 0 spiro atoms. The largest absolute Gasteiger partial charge is 0.454 e. The lowest BCUT2D eigenvalue weighted by atomic mass is 10.1. The van der Waals surface area contributed by atoms with Crippen LogP contribution in [0.1, 0.15) is 21.5 Å². The Bertz CT molecular complexity index is 679. The van der Waals surface area contributed by atoms with E-state index in [9.17, 15) is 4.79 Å². The number of hydrogen-bond acceptors (Lipinski definition) is 3. The van der Waals surface area contributed by atoms with Crippen LogP contribution in [0.4, 0.5) is 5.69 Å². The van der Waals surface area contributed by atoms with Crippen molar-refractivity contribution in [2.24, 2.45) is 0 Å². The summed E-state index contributed by atoms with van der Waals surface area (Å²) in [5, 5.41) is 2.86. The van der Waals surface area contributed by atoms with E-state index in [1.54, 1.807) is 18.2 Å². The maximum atomic E-state index is 12.2. The van der Waals surface area contributed by atoms with E-state index in [4.69, 9.17) is 9.47 Å². The summed E-state index contributed by atoms with van der Waals surface area (Å²) >= 11 is 0. The molecule has 0 saturated heterocycles. The van der Waals surface area contributed by atoms with Crippen molar-refractivity contribution in [3.63, 3.8) is 0 Å². The minimum absolute atomic E-state index is 0.132. The molecule has 0 aromatic heterocycles. The molecule has 102 valence electrons. The van der Waals surface area contributed by atoms with Crippen molar-refractivity contribution in [2.45, 2.75) is 13.8 Å². The fourth-order valence-corrected chi connectivity index (χ4v) is 2.06. The minimum atomic E-state index is -0.132. The van der Waals surface area contributed by atoms with Crippen LogP contribution in [0.5, 0.6) is 11.5 Å². The van der Waals surface area contributed by atoms with Gasteiger partial charge in [-0.15, -0.1) is 0 Å². The molecule has 0 fully saturated rings. The van der Waals surface area contributed by atoms with Gasteiger partial charge in [0.2, 0.25) is 6.79 Å². The molecule has 2 aromatic carbocycles. The average Bonchev–Trinajstić information content (AvgIpc) is 2.89. The second-order valence-electron chi connectivity index (χ2n) is 4.82. The summed E-state index contributed by atoms with van der Waals surface area (Å²) in [6.45, 7) is 4.24. The van der Waals surface area contributed by atoms with Gasteiger partial charge in [-0.05, 0) is 49.2 Å². The van der Waals surface area contributed by atoms with Crippen LogP contribution in [-0.4, -0.2) is 12.7 Å². The number of aryl methyl sites for hydroxylation is 2. The predicted octanol–water partition coefficient (Wildman–Crippen LogP) is 3.28. The van der Waals surface area contributed by atoms with Crippen LogP contribution in [-0.2, 0) is 0 Å². The van der Waals surface area contributed by atoms with Crippen LogP contribution < -0.4 is 14.8 Å². The molecule has 0 radical (unpaired) electrons. The van der Waals surface area contributed by atoms with E-state index in [1.807, 2.05) is 32.0 Å². The molecule has 0 bridgehead atoms. The quantitative estimate of drug-likeness (QED) is 0.910. The number of anilines is 1. The van der Waals surface area contributed by atoms with Crippen molar-refractivity contribution < 1.29 is 14.3 Å². The highest BCUT2D eigenvalue weighted by molar-refractivity contribution is 6.04. The molecule has 3 rings (SSSR count). The first kappa shape index (κ1) is 12.5. The molecule has 0 atom stereocenters. The van der Waals surface area contributed by atoms with Crippen LogP contribution in [0.25, 0.3) is 0 Å². The van der Waals surface area contributed by atoms with Crippen molar-refractivity contribution >= 4 is 11.6 Å². The number of fused-ring (bicyclic) bond motifs is 1. The zero-order valence-corrected chi connectivity index (χ0v) is 11.4. The fraction of sp³-hybridized carbons (Fsp3) is 0.188. The van der Waals surface area contributed by atoms with Crippen LogP contribution in [0.15, 0.2) is 36.4 Å². The van der Waals surface area contributed by atoms with E-state index in [-0.39, 0.29) is 12.7 Å². The third-order valence-electron chi connectivity index (χ3n) is 3.40.